The van der Waals surface area contributed by atoms with Crippen LogP contribution in [-0.2, 0) is 10.5 Å². The van der Waals surface area contributed by atoms with E-state index >= 15 is 0 Å². The molecule has 0 radical (unpaired) electrons. The van der Waals surface area contributed by atoms with Crippen molar-refractivity contribution in [1.82, 2.24) is 10.6 Å². The van der Waals surface area contributed by atoms with Crippen molar-refractivity contribution in [2.24, 2.45) is 11.3 Å². The molecule has 0 bridgehead atoms. The molecule has 2 fully saturated rings. The molecule has 1 saturated heterocycles. The molecule has 1 atom stereocenters. The van der Waals surface area contributed by atoms with Gasteiger partial charge < -0.3 is 10.6 Å². The smallest absolute Gasteiger partial charge is 0.223 e. The topological polar surface area (TPSA) is 41.1 Å². The minimum absolute atomic E-state index is 0.289. The van der Waals surface area contributed by atoms with Crippen LogP contribution in [0.5, 0.6) is 0 Å². The number of carbonyl (C=O) groups is 1. The van der Waals surface area contributed by atoms with E-state index in [1.54, 1.807) is 0 Å². The van der Waals surface area contributed by atoms with E-state index in [4.69, 9.17) is 0 Å². The molecule has 2 aliphatic rings. The predicted molar refractivity (Wildman–Crippen MR) is 88.3 cm³/mol. The van der Waals surface area contributed by atoms with E-state index in [0.29, 0.717) is 11.3 Å². The van der Waals surface area contributed by atoms with E-state index in [1.165, 1.54) is 18.4 Å². The van der Waals surface area contributed by atoms with Crippen LogP contribution in [0.2, 0.25) is 0 Å². The number of rotatable bonds is 6. The quantitative estimate of drug-likeness (QED) is 0.793. The molecule has 0 unspecified atom stereocenters. The van der Waals surface area contributed by atoms with Crippen LogP contribution in [0.25, 0.3) is 0 Å². The summed E-state index contributed by atoms with van der Waals surface area (Å²) in [4.78, 5) is 12.2. The number of nitrogens with one attached hydrogen (secondary N) is 2. The molecular weight excluding hydrogens is 280 g/mol. The molecule has 114 valence electrons. The Hall–Kier alpha value is -1.00. The van der Waals surface area contributed by atoms with Gasteiger partial charge in [-0.1, -0.05) is 30.3 Å². The fourth-order valence-corrected chi connectivity index (χ4v) is 4.15. The fraction of sp³-hybridized carbons (Fsp3) is 0.588. The number of piperidine rings is 1. The average Bonchev–Trinajstić information content (AvgIpc) is 3.22. The van der Waals surface area contributed by atoms with Gasteiger partial charge in [-0.15, -0.1) is 0 Å². The number of carbonyl (C=O) groups excluding carboxylic acids is 1. The highest BCUT2D eigenvalue weighted by molar-refractivity contribution is 7.98. The molecule has 1 spiro atoms. The van der Waals surface area contributed by atoms with Crippen molar-refractivity contribution in [2.75, 3.05) is 25.4 Å². The average molecular weight is 304 g/mol. The highest BCUT2D eigenvalue weighted by Gasteiger charge is 2.57. The summed E-state index contributed by atoms with van der Waals surface area (Å²) >= 11 is 1.88. The lowest BCUT2D eigenvalue weighted by Crippen LogP contribution is -2.34. The molecule has 2 N–H and O–H groups in total. The zero-order valence-corrected chi connectivity index (χ0v) is 13.3. The monoisotopic (exact) mass is 304 g/mol. The molecule has 21 heavy (non-hydrogen) atoms. The summed E-state index contributed by atoms with van der Waals surface area (Å²) in [6.07, 6.45) is 3.46. The van der Waals surface area contributed by atoms with Crippen molar-refractivity contribution >= 4 is 17.7 Å². The summed E-state index contributed by atoms with van der Waals surface area (Å²) in [5.74, 6) is 2.59. The number of benzene rings is 1. The molecule has 3 rings (SSSR count). The van der Waals surface area contributed by atoms with Gasteiger partial charge in [0.1, 0.15) is 0 Å². The molecule has 1 aliphatic carbocycles. The van der Waals surface area contributed by atoms with Crippen molar-refractivity contribution in [3.63, 3.8) is 0 Å². The van der Waals surface area contributed by atoms with Gasteiger partial charge in [0.2, 0.25) is 5.91 Å². The van der Waals surface area contributed by atoms with Gasteiger partial charge in [-0.3, -0.25) is 4.79 Å². The zero-order chi connectivity index (χ0) is 14.5. The van der Waals surface area contributed by atoms with Crippen molar-refractivity contribution in [3.05, 3.63) is 35.9 Å². The maximum absolute atomic E-state index is 12.2. The lowest BCUT2D eigenvalue weighted by Gasteiger charge is -2.23. The van der Waals surface area contributed by atoms with Gasteiger partial charge in [0, 0.05) is 24.0 Å². The maximum Gasteiger partial charge on any atom is 0.223 e. The van der Waals surface area contributed by atoms with Gasteiger partial charge in [0.15, 0.2) is 0 Å². The molecule has 1 saturated carbocycles. The highest BCUT2D eigenvalue weighted by atomic mass is 32.2. The first-order valence-corrected chi connectivity index (χ1v) is 9.06. The predicted octanol–water partition coefficient (Wildman–Crippen LogP) is 2.43. The molecule has 4 heteroatoms. The van der Waals surface area contributed by atoms with Crippen LogP contribution in [0.1, 0.15) is 24.8 Å². The Morgan fingerprint density at radius 2 is 2.05 bits per heavy atom. The third kappa shape index (κ3) is 3.80. The van der Waals surface area contributed by atoms with Crippen molar-refractivity contribution in [2.45, 2.75) is 25.0 Å². The van der Waals surface area contributed by atoms with Crippen LogP contribution in [0.15, 0.2) is 30.3 Å². The zero-order valence-electron chi connectivity index (χ0n) is 12.4. The number of hydrogen-bond acceptors (Lipinski definition) is 3. The Kier molecular flexibility index (Phi) is 4.86. The van der Waals surface area contributed by atoms with Gasteiger partial charge in [-0.2, -0.15) is 11.8 Å². The number of thioether (sulfide) groups is 1. The first-order valence-electron chi connectivity index (χ1n) is 7.90. The van der Waals surface area contributed by atoms with Crippen LogP contribution in [0.4, 0.5) is 0 Å². The van der Waals surface area contributed by atoms with E-state index in [1.807, 2.05) is 17.8 Å². The van der Waals surface area contributed by atoms with Crippen molar-refractivity contribution in [3.8, 4) is 0 Å². The van der Waals surface area contributed by atoms with E-state index in [9.17, 15) is 4.79 Å². The largest absolute Gasteiger partial charge is 0.355 e. The molecule has 1 aromatic carbocycles. The Morgan fingerprint density at radius 1 is 1.29 bits per heavy atom. The molecule has 1 aromatic rings. The van der Waals surface area contributed by atoms with Crippen LogP contribution >= 0.6 is 11.8 Å². The van der Waals surface area contributed by atoms with Crippen LogP contribution in [0.3, 0.4) is 0 Å². The molecule has 3 nitrogen and oxygen atoms in total. The van der Waals surface area contributed by atoms with E-state index < -0.39 is 0 Å². The third-order valence-corrected chi connectivity index (χ3v) is 5.79. The Morgan fingerprint density at radius 3 is 2.81 bits per heavy atom. The summed E-state index contributed by atoms with van der Waals surface area (Å²) in [6.45, 7) is 2.95. The molecule has 0 aromatic heterocycles. The van der Waals surface area contributed by atoms with E-state index in [0.717, 1.165) is 37.6 Å². The summed E-state index contributed by atoms with van der Waals surface area (Å²) in [5, 5.41) is 6.50. The van der Waals surface area contributed by atoms with Gasteiger partial charge in [0.25, 0.3) is 0 Å². The second-order valence-electron chi connectivity index (χ2n) is 6.20. The third-order valence-electron chi connectivity index (χ3n) is 4.76. The van der Waals surface area contributed by atoms with Gasteiger partial charge in [-0.25, -0.2) is 0 Å². The first-order chi connectivity index (χ1) is 10.3. The summed E-state index contributed by atoms with van der Waals surface area (Å²) in [7, 11) is 0. The number of hydrogen-bond donors (Lipinski definition) is 2. The van der Waals surface area contributed by atoms with E-state index in [-0.39, 0.29) is 5.91 Å². The van der Waals surface area contributed by atoms with Gasteiger partial charge in [0.05, 0.1) is 0 Å². The van der Waals surface area contributed by atoms with Crippen molar-refractivity contribution in [1.29, 1.82) is 0 Å². The Balaban J connectivity index is 1.30. The SMILES string of the molecule is O=C(NCCSCc1ccccc1)[C@H]1CC12CCNCC2. The minimum atomic E-state index is 0.289. The Bertz CT molecular complexity index is 471. The molecule has 1 aliphatic heterocycles. The molecule has 1 heterocycles. The van der Waals surface area contributed by atoms with Gasteiger partial charge in [-0.05, 0) is 43.3 Å². The second kappa shape index (κ2) is 6.84. The van der Waals surface area contributed by atoms with Crippen LogP contribution < -0.4 is 10.6 Å². The minimum Gasteiger partial charge on any atom is -0.355 e. The first kappa shape index (κ1) is 14.9. The second-order valence-corrected chi connectivity index (χ2v) is 7.30. The highest BCUT2D eigenvalue weighted by Crippen LogP contribution is 2.58. The lowest BCUT2D eigenvalue weighted by atomic mass is 9.92. The summed E-state index contributed by atoms with van der Waals surface area (Å²) < 4.78 is 0. The number of amides is 1. The lowest BCUT2D eigenvalue weighted by molar-refractivity contribution is -0.123. The normalized spacial score (nSPS) is 23.0. The summed E-state index contributed by atoms with van der Waals surface area (Å²) in [5.41, 5.74) is 1.71. The van der Waals surface area contributed by atoms with E-state index in [2.05, 4.69) is 34.9 Å². The maximum atomic E-state index is 12.2. The standard InChI is InChI=1S/C17H24N2OS/c20-16(15-12-17(15)6-8-18-9-7-17)19-10-11-21-13-14-4-2-1-3-5-14/h1-5,15,18H,6-13H2,(H,19,20)/t15-/m1/s1. The van der Waals surface area contributed by atoms with Gasteiger partial charge >= 0.3 is 0 Å². The molecular formula is C17H24N2OS. The Labute approximate surface area is 131 Å². The van der Waals surface area contributed by atoms with Crippen LogP contribution in [-0.4, -0.2) is 31.3 Å². The molecule has 1 amide bonds. The van der Waals surface area contributed by atoms with Crippen LogP contribution in [0, 0.1) is 11.3 Å². The van der Waals surface area contributed by atoms with Crippen molar-refractivity contribution < 1.29 is 4.79 Å². The summed E-state index contributed by atoms with van der Waals surface area (Å²) in [6, 6.07) is 10.5. The fourth-order valence-electron chi connectivity index (χ4n) is 3.33.